The molecule has 2 heterocycles. The van der Waals surface area contributed by atoms with Gasteiger partial charge in [0.25, 0.3) is 5.56 Å². The average Bonchev–Trinajstić information content (AvgIpc) is 2.74. The normalized spacial score (nSPS) is 14.9. The second-order valence-electron chi connectivity index (χ2n) is 7.63. The van der Waals surface area contributed by atoms with Gasteiger partial charge in [-0.25, -0.2) is 4.98 Å². The second kappa shape index (κ2) is 8.49. The van der Waals surface area contributed by atoms with Crippen LogP contribution in [0.25, 0.3) is 11.3 Å². The summed E-state index contributed by atoms with van der Waals surface area (Å²) in [6.07, 6.45) is 0. The number of H-pyrrole nitrogens is 1. The zero-order valence-electron chi connectivity index (χ0n) is 16.9. The zero-order valence-corrected chi connectivity index (χ0v) is 16.9. The van der Waals surface area contributed by atoms with E-state index in [9.17, 15) is 4.79 Å². The van der Waals surface area contributed by atoms with Crippen molar-refractivity contribution in [1.29, 1.82) is 0 Å². The summed E-state index contributed by atoms with van der Waals surface area (Å²) in [4.78, 5) is 24.3. The van der Waals surface area contributed by atoms with Crippen molar-refractivity contribution in [1.82, 2.24) is 14.9 Å². The van der Waals surface area contributed by atoms with Crippen molar-refractivity contribution < 1.29 is 0 Å². The minimum absolute atomic E-state index is 0.180. The Bertz CT molecular complexity index is 990. The molecule has 1 aliphatic heterocycles. The molecule has 2 N–H and O–H groups in total. The van der Waals surface area contributed by atoms with Crippen LogP contribution in [0.4, 0.5) is 17.3 Å². The smallest absolute Gasteiger partial charge is 0.252 e. The highest BCUT2D eigenvalue weighted by Crippen LogP contribution is 2.22. The number of nitrogens with zero attached hydrogens (tertiary/aromatic N) is 3. The van der Waals surface area contributed by atoms with E-state index in [4.69, 9.17) is 0 Å². The van der Waals surface area contributed by atoms with E-state index in [1.807, 2.05) is 42.5 Å². The van der Waals surface area contributed by atoms with E-state index < -0.39 is 0 Å². The lowest BCUT2D eigenvalue weighted by Crippen LogP contribution is -2.48. The van der Waals surface area contributed by atoms with Crippen LogP contribution in [0.15, 0.2) is 65.5 Å². The van der Waals surface area contributed by atoms with Crippen LogP contribution in [0.3, 0.4) is 0 Å². The molecule has 0 aliphatic carbocycles. The van der Waals surface area contributed by atoms with Crippen molar-refractivity contribution in [3.63, 3.8) is 0 Å². The fraction of sp³-hybridized carbons (Fsp3) is 0.304. The first kappa shape index (κ1) is 19.2. The van der Waals surface area contributed by atoms with E-state index in [2.05, 4.69) is 51.1 Å². The van der Waals surface area contributed by atoms with Gasteiger partial charge in [0.2, 0.25) is 5.95 Å². The lowest BCUT2D eigenvalue weighted by molar-refractivity contribution is 0.209. The fourth-order valence-electron chi connectivity index (χ4n) is 3.66. The van der Waals surface area contributed by atoms with E-state index in [-0.39, 0.29) is 5.56 Å². The number of nitrogens with one attached hydrogen (secondary N) is 2. The van der Waals surface area contributed by atoms with Gasteiger partial charge in [-0.3, -0.25) is 14.7 Å². The van der Waals surface area contributed by atoms with Crippen molar-refractivity contribution in [3.05, 3.63) is 71.0 Å². The largest absolute Gasteiger partial charge is 0.369 e. The van der Waals surface area contributed by atoms with Crippen LogP contribution in [-0.4, -0.2) is 47.1 Å². The number of benzene rings is 2. The lowest BCUT2D eigenvalue weighted by atomic mass is 10.1. The van der Waals surface area contributed by atoms with E-state index in [1.54, 1.807) is 0 Å². The van der Waals surface area contributed by atoms with Gasteiger partial charge >= 0.3 is 0 Å². The number of rotatable bonds is 5. The molecule has 1 fully saturated rings. The number of piperazine rings is 1. The third kappa shape index (κ3) is 4.66. The molecule has 6 nitrogen and oxygen atoms in total. The number of aromatic amines is 1. The predicted octanol–water partition coefficient (Wildman–Crippen LogP) is 3.71. The van der Waals surface area contributed by atoms with Crippen LogP contribution in [0.1, 0.15) is 13.8 Å². The maximum Gasteiger partial charge on any atom is 0.252 e. The second-order valence-corrected chi connectivity index (χ2v) is 7.63. The Morgan fingerprint density at radius 3 is 2.31 bits per heavy atom. The summed E-state index contributed by atoms with van der Waals surface area (Å²) in [5.41, 5.74) is 3.50. The van der Waals surface area contributed by atoms with Crippen LogP contribution >= 0.6 is 0 Å². The summed E-state index contributed by atoms with van der Waals surface area (Å²) >= 11 is 0. The van der Waals surface area contributed by atoms with Gasteiger partial charge in [0.05, 0.1) is 5.69 Å². The molecule has 29 heavy (non-hydrogen) atoms. The number of aromatic nitrogens is 2. The van der Waals surface area contributed by atoms with Gasteiger partial charge in [0.1, 0.15) is 0 Å². The molecule has 0 unspecified atom stereocenters. The summed E-state index contributed by atoms with van der Waals surface area (Å²) in [6.45, 7) is 8.77. The molecular formula is C23H27N5O. The third-order valence-electron chi connectivity index (χ3n) is 5.35. The summed E-state index contributed by atoms with van der Waals surface area (Å²) < 4.78 is 0. The minimum atomic E-state index is -0.180. The fourth-order valence-corrected chi connectivity index (χ4v) is 3.66. The van der Waals surface area contributed by atoms with Crippen molar-refractivity contribution in [3.8, 4) is 11.3 Å². The van der Waals surface area contributed by atoms with Gasteiger partial charge in [0, 0.05) is 55.2 Å². The lowest BCUT2D eigenvalue weighted by Gasteiger charge is -2.38. The molecular weight excluding hydrogens is 362 g/mol. The summed E-state index contributed by atoms with van der Waals surface area (Å²) in [7, 11) is 0. The van der Waals surface area contributed by atoms with Gasteiger partial charge in [-0.05, 0) is 38.1 Å². The van der Waals surface area contributed by atoms with Crippen LogP contribution in [0.5, 0.6) is 0 Å². The molecule has 3 aromatic rings. The molecule has 0 radical (unpaired) electrons. The molecule has 6 heteroatoms. The summed E-state index contributed by atoms with van der Waals surface area (Å²) in [5, 5.41) is 3.21. The highest BCUT2D eigenvalue weighted by molar-refractivity contribution is 5.63. The first-order chi connectivity index (χ1) is 14.1. The van der Waals surface area contributed by atoms with Gasteiger partial charge in [-0.2, -0.15) is 0 Å². The monoisotopic (exact) mass is 389 g/mol. The molecule has 2 aromatic carbocycles. The number of hydrogen-bond donors (Lipinski definition) is 2. The molecule has 0 bridgehead atoms. The van der Waals surface area contributed by atoms with Crippen LogP contribution < -0.4 is 15.8 Å². The molecule has 1 aromatic heterocycles. The molecule has 4 rings (SSSR count). The molecule has 0 saturated carbocycles. The average molecular weight is 390 g/mol. The van der Waals surface area contributed by atoms with Gasteiger partial charge in [-0.1, -0.05) is 30.3 Å². The Morgan fingerprint density at radius 1 is 0.966 bits per heavy atom. The first-order valence-corrected chi connectivity index (χ1v) is 10.1. The van der Waals surface area contributed by atoms with Crippen molar-refractivity contribution in [2.24, 2.45) is 0 Å². The zero-order chi connectivity index (χ0) is 20.2. The molecule has 150 valence electrons. The third-order valence-corrected chi connectivity index (χ3v) is 5.35. The molecule has 0 spiro atoms. The van der Waals surface area contributed by atoms with Crippen molar-refractivity contribution >= 4 is 17.3 Å². The number of hydrogen-bond acceptors (Lipinski definition) is 5. The Kier molecular flexibility index (Phi) is 5.62. The first-order valence-electron chi connectivity index (χ1n) is 10.1. The standard InChI is InChI=1S/C23H27N5O/c1-17(2)27-12-14-28(15-13-27)20-10-8-19(9-11-20)24-23-25-21(16-22(29)26-23)18-6-4-3-5-7-18/h3-11,16-17H,12-15H2,1-2H3,(H2,24,25,26,29). The molecule has 1 aliphatic rings. The van der Waals surface area contributed by atoms with E-state index in [0.717, 1.165) is 37.4 Å². The van der Waals surface area contributed by atoms with E-state index in [1.165, 1.54) is 11.8 Å². The maximum atomic E-state index is 12.1. The Labute approximate surface area is 171 Å². The van der Waals surface area contributed by atoms with Crippen LogP contribution in [0, 0.1) is 0 Å². The van der Waals surface area contributed by atoms with Crippen molar-refractivity contribution in [2.75, 3.05) is 36.4 Å². The topological polar surface area (TPSA) is 64.3 Å². The molecule has 0 amide bonds. The van der Waals surface area contributed by atoms with E-state index >= 15 is 0 Å². The number of anilines is 3. The van der Waals surface area contributed by atoms with Crippen LogP contribution in [0.2, 0.25) is 0 Å². The SMILES string of the molecule is CC(C)N1CCN(c2ccc(Nc3nc(-c4ccccc4)cc(=O)[nH]3)cc2)CC1. The highest BCUT2D eigenvalue weighted by atomic mass is 16.1. The predicted molar refractivity (Wildman–Crippen MR) is 119 cm³/mol. The van der Waals surface area contributed by atoms with Gasteiger partial charge in [0.15, 0.2) is 0 Å². The summed E-state index contributed by atoms with van der Waals surface area (Å²) in [6, 6.07) is 20.1. The quantitative estimate of drug-likeness (QED) is 0.696. The van der Waals surface area contributed by atoms with Gasteiger partial charge < -0.3 is 10.2 Å². The molecule has 0 atom stereocenters. The van der Waals surface area contributed by atoms with Crippen LogP contribution in [-0.2, 0) is 0 Å². The van der Waals surface area contributed by atoms with Crippen molar-refractivity contribution in [2.45, 2.75) is 19.9 Å². The van der Waals surface area contributed by atoms with Gasteiger partial charge in [-0.15, -0.1) is 0 Å². The van der Waals surface area contributed by atoms with E-state index in [0.29, 0.717) is 17.7 Å². The maximum absolute atomic E-state index is 12.1. The molecule has 1 saturated heterocycles. The highest BCUT2D eigenvalue weighted by Gasteiger charge is 2.18. The Hall–Kier alpha value is -3.12. The Balaban J connectivity index is 1.46. The minimum Gasteiger partial charge on any atom is -0.369 e. The summed E-state index contributed by atoms with van der Waals surface area (Å²) in [5.74, 6) is 0.439. The Morgan fingerprint density at radius 2 is 1.66 bits per heavy atom.